The predicted octanol–water partition coefficient (Wildman–Crippen LogP) is 2.37. The molecule has 4 nitrogen and oxygen atoms in total. The Kier molecular flexibility index (Phi) is 3.68. The van der Waals surface area contributed by atoms with Gasteiger partial charge in [0.2, 0.25) is 5.88 Å². The van der Waals surface area contributed by atoms with E-state index in [4.69, 9.17) is 9.84 Å². The van der Waals surface area contributed by atoms with Crippen LogP contribution in [-0.2, 0) is 6.61 Å². The Labute approximate surface area is 106 Å². The molecule has 16 heavy (non-hydrogen) atoms. The minimum absolute atomic E-state index is 0.114. The van der Waals surface area contributed by atoms with Crippen LogP contribution < -0.4 is 4.74 Å². The van der Waals surface area contributed by atoms with Crippen LogP contribution >= 0.6 is 22.6 Å². The Morgan fingerprint density at radius 3 is 2.38 bits per heavy atom. The van der Waals surface area contributed by atoms with Gasteiger partial charge in [-0.15, -0.1) is 10.2 Å². The predicted molar refractivity (Wildman–Crippen MR) is 67.2 cm³/mol. The number of hydrogen-bond donors (Lipinski definition) is 1. The van der Waals surface area contributed by atoms with Crippen molar-refractivity contribution in [1.29, 1.82) is 0 Å². The Bertz CT molecular complexity index is 456. The van der Waals surface area contributed by atoms with Crippen molar-refractivity contribution < 1.29 is 9.84 Å². The normalized spacial score (nSPS) is 10.1. The van der Waals surface area contributed by atoms with E-state index >= 15 is 0 Å². The van der Waals surface area contributed by atoms with E-state index in [0.717, 1.165) is 3.57 Å². The van der Waals surface area contributed by atoms with Crippen LogP contribution in [0.2, 0.25) is 0 Å². The molecule has 0 saturated carbocycles. The molecule has 0 radical (unpaired) electrons. The van der Waals surface area contributed by atoms with E-state index in [2.05, 4.69) is 32.8 Å². The van der Waals surface area contributed by atoms with Crippen molar-refractivity contribution in [1.82, 2.24) is 10.2 Å². The highest BCUT2D eigenvalue weighted by Crippen LogP contribution is 2.19. The van der Waals surface area contributed by atoms with Gasteiger partial charge in [0, 0.05) is 9.64 Å². The number of rotatable bonds is 3. The number of hydrogen-bond acceptors (Lipinski definition) is 4. The van der Waals surface area contributed by atoms with Gasteiger partial charge >= 0.3 is 0 Å². The SMILES string of the molecule is OCc1ccc(Oc2ccc(I)cc2)nn1. The molecular formula is C11H9IN2O2. The van der Waals surface area contributed by atoms with Crippen molar-refractivity contribution in [2.45, 2.75) is 6.61 Å². The van der Waals surface area contributed by atoms with Gasteiger partial charge in [0.25, 0.3) is 0 Å². The second-order valence-corrected chi connectivity index (χ2v) is 4.32. The van der Waals surface area contributed by atoms with E-state index < -0.39 is 0 Å². The zero-order chi connectivity index (χ0) is 11.4. The van der Waals surface area contributed by atoms with Crippen LogP contribution in [-0.4, -0.2) is 15.3 Å². The summed E-state index contributed by atoms with van der Waals surface area (Å²) < 4.78 is 6.62. The van der Waals surface area contributed by atoms with Gasteiger partial charge < -0.3 is 9.84 Å². The van der Waals surface area contributed by atoms with Crippen molar-refractivity contribution in [2.24, 2.45) is 0 Å². The average molecular weight is 328 g/mol. The summed E-state index contributed by atoms with van der Waals surface area (Å²) in [6.45, 7) is -0.114. The van der Waals surface area contributed by atoms with E-state index in [9.17, 15) is 0 Å². The van der Waals surface area contributed by atoms with Gasteiger partial charge in [0.05, 0.1) is 12.3 Å². The lowest BCUT2D eigenvalue weighted by atomic mass is 10.3. The first-order valence-electron chi connectivity index (χ1n) is 4.65. The number of benzene rings is 1. The Balaban J connectivity index is 2.11. The molecule has 2 aromatic rings. The maximum Gasteiger partial charge on any atom is 0.238 e. The lowest BCUT2D eigenvalue weighted by molar-refractivity contribution is 0.274. The Morgan fingerprint density at radius 1 is 1.06 bits per heavy atom. The summed E-state index contributed by atoms with van der Waals surface area (Å²) in [6, 6.07) is 11.0. The van der Waals surface area contributed by atoms with Crippen LogP contribution in [0, 0.1) is 3.57 Å². The third-order valence-electron chi connectivity index (χ3n) is 1.89. The largest absolute Gasteiger partial charge is 0.438 e. The number of halogens is 1. The topological polar surface area (TPSA) is 55.2 Å². The zero-order valence-electron chi connectivity index (χ0n) is 8.30. The molecule has 0 fully saturated rings. The van der Waals surface area contributed by atoms with Crippen LogP contribution in [0.3, 0.4) is 0 Å². The van der Waals surface area contributed by atoms with Gasteiger partial charge in [0.1, 0.15) is 5.75 Å². The second kappa shape index (κ2) is 5.22. The lowest BCUT2D eigenvalue weighted by Crippen LogP contribution is -1.94. The first-order valence-corrected chi connectivity index (χ1v) is 5.73. The highest BCUT2D eigenvalue weighted by molar-refractivity contribution is 14.1. The van der Waals surface area contributed by atoms with Crippen molar-refractivity contribution in [3.05, 3.63) is 45.7 Å². The second-order valence-electron chi connectivity index (χ2n) is 3.08. The standard InChI is InChI=1S/C11H9IN2O2/c12-8-1-4-10(5-2-8)16-11-6-3-9(7-15)13-14-11/h1-6,15H,7H2. The third kappa shape index (κ3) is 2.89. The summed E-state index contributed by atoms with van der Waals surface area (Å²) in [6.07, 6.45) is 0. The van der Waals surface area contributed by atoms with E-state index in [1.807, 2.05) is 24.3 Å². The molecule has 0 bridgehead atoms. The molecule has 0 unspecified atom stereocenters. The molecule has 1 aromatic heterocycles. The van der Waals surface area contributed by atoms with Crippen molar-refractivity contribution in [2.75, 3.05) is 0 Å². The summed E-state index contributed by atoms with van der Waals surface area (Å²) in [5.74, 6) is 1.13. The summed E-state index contributed by atoms with van der Waals surface area (Å²) >= 11 is 2.23. The number of ether oxygens (including phenoxy) is 1. The van der Waals surface area contributed by atoms with Gasteiger partial charge in [-0.1, -0.05) is 0 Å². The van der Waals surface area contributed by atoms with Gasteiger partial charge in [0.15, 0.2) is 0 Å². The number of aliphatic hydroxyl groups excluding tert-OH is 1. The van der Waals surface area contributed by atoms with Gasteiger partial charge in [-0.2, -0.15) is 0 Å². The van der Waals surface area contributed by atoms with Crippen LogP contribution in [0.5, 0.6) is 11.6 Å². The molecule has 0 aliphatic rings. The van der Waals surface area contributed by atoms with Crippen molar-refractivity contribution in [3.8, 4) is 11.6 Å². The molecule has 0 amide bonds. The fraction of sp³-hybridized carbons (Fsp3) is 0.0909. The number of aliphatic hydroxyl groups is 1. The quantitative estimate of drug-likeness (QED) is 0.879. The fourth-order valence-corrected chi connectivity index (χ4v) is 1.47. The summed E-state index contributed by atoms with van der Waals surface area (Å²) in [4.78, 5) is 0. The molecule has 0 aliphatic carbocycles. The number of nitrogens with zero attached hydrogens (tertiary/aromatic N) is 2. The van der Waals surface area contributed by atoms with E-state index in [1.165, 1.54) is 0 Å². The van der Waals surface area contributed by atoms with Crippen LogP contribution in [0.25, 0.3) is 0 Å². The van der Waals surface area contributed by atoms with Gasteiger partial charge in [-0.25, -0.2) is 0 Å². The molecule has 1 N–H and O–H groups in total. The highest BCUT2D eigenvalue weighted by atomic mass is 127. The third-order valence-corrected chi connectivity index (χ3v) is 2.61. The zero-order valence-corrected chi connectivity index (χ0v) is 10.5. The number of aromatic nitrogens is 2. The summed E-state index contributed by atoms with van der Waals surface area (Å²) in [5.41, 5.74) is 0.523. The van der Waals surface area contributed by atoms with Crippen LogP contribution in [0.15, 0.2) is 36.4 Å². The smallest absolute Gasteiger partial charge is 0.238 e. The Morgan fingerprint density at radius 2 is 1.81 bits per heavy atom. The summed E-state index contributed by atoms with van der Waals surface area (Å²) in [7, 11) is 0. The lowest BCUT2D eigenvalue weighted by Gasteiger charge is -2.03. The first kappa shape index (κ1) is 11.3. The molecular weight excluding hydrogens is 319 g/mol. The molecule has 82 valence electrons. The van der Waals surface area contributed by atoms with E-state index in [1.54, 1.807) is 12.1 Å². The minimum Gasteiger partial charge on any atom is -0.438 e. The Hall–Kier alpha value is -1.21. The van der Waals surface area contributed by atoms with Gasteiger partial charge in [-0.3, -0.25) is 0 Å². The monoisotopic (exact) mass is 328 g/mol. The maximum atomic E-state index is 8.80. The molecule has 5 heteroatoms. The molecule has 1 heterocycles. The molecule has 0 saturated heterocycles. The molecule has 1 aromatic carbocycles. The highest BCUT2D eigenvalue weighted by Gasteiger charge is 1.99. The maximum absolute atomic E-state index is 8.80. The molecule has 2 rings (SSSR count). The summed E-state index contributed by atoms with van der Waals surface area (Å²) in [5, 5.41) is 16.4. The van der Waals surface area contributed by atoms with Crippen LogP contribution in [0.4, 0.5) is 0 Å². The van der Waals surface area contributed by atoms with E-state index in [0.29, 0.717) is 17.3 Å². The fourth-order valence-electron chi connectivity index (χ4n) is 1.11. The molecule has 0 atom stereocenters. The van der Waals surface area contributed by atoms with Gasteiger partial charge in [-0.05, 0) is 52.9 Å². The minimum atomic E-state index is -0.114. The van der Waals surface area contributed by atoms with E-state index in [-0.39, 0.29) is 6.61 Å². The van der Waals surface area contributed by atoms with Crippen molar-refractivity contribution >= 4 is 22.6 Å². The van der Waals surface area contributed by atoms with Crippen LogP contribution in [0.1, 0.15) is 5.69 Å². The van der Waals surface area contributed by atoms with Crippen molar-refractivity contribution in [3.63, 3.8) is 0 Å². The first-order chi connectivity index (χ1) is 7.78. The molecule has 0 spiro atoms. The molecule has 0 aliphatic heterocycles. The average Bonchev–Trinajstić information content (AvgIpc) is 2.33.